The van der Waals surface area contributed by atoms with Crippen molar-refractivity contribution in [2.75, 3.05) is 14.2 Å². The number of aromatic nitrogens is 1. The summed E-state index contributed by atoms with van der Waals surface area (Å²) in [6, 6.07) is 19.5. The Labute approximate surface area is 177 Å². The second-order valence-corrected chi connectivity index (χ2v) is 7.14. The molecule has 2 amide bonds. The van der Waals surface area contributed by atoms with Crippen molar-refractivity contribution in [1.82, 2.24) is 15.6 Å². The Morgan fingerprint density at radius 3 is 1.97 bits per heavy atom. The minimum atomic E-state index is -0.211. The van der Waals surface area contributed by atoms with Crippen LogP contribution in [0.3, 0.4) is 0 Å². The third-order valence-corrected chi connectivity index (χ3v) is 4.57. The number of urea groups is 1. The molecule has 6 heteroatoms. The smallest absolute Gasteiger partial charge is 0.315 e. The summed E-state index contributed by atoms with van der Waals surface area (Å²) in [5.74, 6) is 1.59. The van der Waals surface area contributed by atoms with Gasteiger partial charge in [0.2, 0.25) is 0 Å². The maximum atomic E-state index is 11.9. The predicted molar refractivity (Wildman–Crippen MR) is 119 cm³/mol. The number of amides is 2. The number of benzene rings is 2. The zero-order valence-corrected chi connectivity index (χ0v) is 17.7. The van der Waals surface area contributed by atoms with E-state index in [1.165, 1.54) is 0 Å². The molecule has 0 aliphatic carbocycles. The highest BCUT2D eigenvalue weighted by Crippen LogP contribution is 2.32. The molecule has 0 aliphatic rings. The number of pyridine rings is 1. The number of methoxy groups -OCH3 is 2. The van der Waals surface area contributed by atoms with Crippen molar-refractivity contribution < 1.29 is 14.3 Å². The molecule has 6 nitrogen and oxygen atoms in total. The Bertz CT molecular complexity index is 984. The Morgan fingerprint density at radius 1 is 0.867 bits per heavy atom. The molecule has 0 saturated carbocycles. The van der Waals surface area contributed by atoms with E-state index < -0.39 is 0 Å². The van der Waals surface area contributed by atoms with Crippen molar-refractivity contribution in [2.45, 2.75) is 26.4 Å². The van der Waals surface area contributed by atoms with Crippen LogP contribution in [0, 0.1) is 0 Å². The lowest BCUT2D eigenvalue weighted by Crippen LogP contribution is -2.39. The third kappa shape index (κ3) is 5.29. The molecule has 3 aromatic rings. The molecule has 0 unspecified atom stereocenters. The van der Waals surface area contributed by atoms with Crippen molar-refractivity contribution in [1.29, 1.82) is 0 Å². The van der Waals surface area contributed by atoms with Crippen LogP contribution in [-0.4, -0.2) is 31.3 Å². The number of rotatable bonds is 7. The zero-order valence-electron chi connectivity index (χ0n) is 17.7. The van der Waals surface area contributed by atoms with Crippen molar-refractivity contribution in [2.24, 2.45) is 0 Å². The molecule has 1 heterocycles. The van der Waals surface area contributed by atoms with Crippen LogP contribution in [0.15, 0.2) is 60.7 Å². The van der Waals surface area contributed by atoms with Gasteiger partial charge >= 0.3 is 6.03 Å². The standard InChI is InChI=1S/C24H27N3O3/c1-16(2)26-24(28)25-15-19-9-14-22(17-5-10-20(29-3)11-6-17)23(27-19)18-7-12-21(30-4)13-8-18/h5-14,16H,15H2,1-4H3,(H2,25,26,28). The van der Waals surface area contributed by atoms with Crippen LogP contribution in [0.2, 0.25) is 0 Å². The van der Waals surface area contributed by atoms with Gasteiger partial charge in [-0.2, -0.15) is 0 Å². The number of hydrogen-bond acceptors (Lipinski definition) is 4. The van der Waals surface area contributed by atoms with Gasteiger partial charge in [-0.3, -0.25) is 4.98 Å². The molecular formula is C24H27N3O3. The van der Waals surface area contributed by atoms with Gasteiger partial charge in [0.15, 0.2) is 0 Å². The lowest BCUT2D eigenvalue weighted by molar-refractivity contribution is 0.238. The minimum absolute atomic E-state index is 0.0743. The van der Waals surface area contributed by atoms with E-state index in [2.05, 4.69) is 10.6 Å². The Balaban J connectivity index is 1.95. The fourth-order valence-electron chi connectivity index (χ4n) is 3.05. The highest BCUT2D eigenvalue weighted by atomic mass is 16.5. The molecular weight excluding hydrogens is 378 g/mol. The predicted octanol–water partition coefficient (Wildman–Crippen LogP) is 4.64. The number of nitrogens with one attached hydrogen (secondary N) is 2. The average Bonchev–Trinajstić information content (AvgIpc) is 2.77. The molecule has 0 aliphatic heterocycles. The molecule has 1 aromatic heterocycles. The first-order valence-electron chi connectivity index (χ1n) is 9.83. The van der Waals surface area contributed by atoms with Crippen LogP contribution >= 0.6 is 0 Å². The highest BCUT2D eigenvalue weighted by Gasteiger charge is 2.12. The summed E-state index contributed by atoms with van der Waals surface area (Å²) in [6.45, 7) is 4.18. The maximum absolute atomic E-state index is 11.9. The number of carbonyl (C=O) groups excluding carboxylic acids is 1. The molecule has 0 fully saturated rings. The van der Waals surface area contributed by atoms with E-state index in [1.54, 1.807) is 14.2 Å². The van der Waals surface area contributed by atoms with E-state index in [-0.39, 0.29) is 12.1 Å². The molecule has 2 aromatic carbocycles. The van der Waals surface area contributed by atoms with Gasteiger partial charge < -0.3 is 20.1 Å². The zero-order chi connectivity index (χ0) is 21.5. The van der Waals surface area contributed by atoms with E-state index in [0.717, 1.165) is 39.6 Å². The summed E-state index contributed by atoms with van der Waals surface area (Å²) >= 11 is 0. The quantitative estimate of drug-likeness (QED) is 0.601. The van der Waals surface area contributed by atoms with Gasteiger partial charge in [-0.15, -0.1) is 0 Å². The molecule has 0 atom stereocenters. The minimum Gasteiger partial charge on any atom is -0.497 e. The molecule has 156 valence electrons. The molecule has 0 radical (unpaired) electrons. The molecule has 2 N–H and O–H groups in total. The van der Waals surface area contributed by atoms with Gasteiger partial charge in [-0.1, -0.05) is 18.2 Å². The lowest BCUT2D eigenvalue weighted by Gasteiger charge is -2.14. The van der Waals surface area contributed by atoms with E-state index >= 15 is 0 Å². The van der Waals surface area contributed by atoms with E-state index in [4.69, 9.17) is 14.5 Å². The van der Waals surface area contributed by atoms with Crippen LogP contribution in [-0.2, 0) is 6.54 Å². The van der Waals surface area contributed by atoms with Crippen molar-refractivity contribution >= 4 is 6.03 Å². The monoisotopic (exact) mass is 405 g/mol. The number of hydrogen-bond donors (Lipinski definition) is 2. The first-order chi connectivity index (χ1) is 14.5. The summed E-state index contributed by atoms with van der Waals surface area (Å²) in [5.41, 5.74) is 4.61. The molecule has 3 rings (SSSR count). The summed E-state index contributed by atoms with van der Waals surface area (Å²) < 4.78 is 10.5. The molecule has 0 spiro atoms. The number of ether oxygens (including phenoxy) is 2. The molecule has 0 bridgehead atoms. The van der Waals surface area contributed by atoms with Gasteiger partial charge in [0, 0.05) is 17.2 Å². The van der Waals surface area contributed by atoms with Gasteiger partial charge in [0.05, 0.1) is 32.2 Å². The van der Waals surface area contributed by atoms with Crippen LogP contribution in [0.4, 0.5) is 4.79 Å². The SMILES string of the molecule is COc1ccc(-c2ccc(CNC(=O)NC(C)C)nc2-c2ccc(OC)cc2)cc1. The van der Waals surface area contributed by atoms with Gasteiger partial charge in [-0.05, 0) is 61.9 Å². The number of nitrogens with zero attached hydrogens (tertiary/aromatic N) is 1. The normalized spacial score (nSPS) is 10.6. The second kappa shape index (κ2) is 9.78. The Morgan fingerprint density at radius 2 is 1.43 bits per heavy atom. The van der Waals surface area contributed by atoms with E-state index in [1.807, 2.05) is 74.5 Å². The van der Waals surface area contributed by atoms with Crippen molar-refractivity contribution in [3.8, 4) is 33.9 Å². The maximum Gasteiger partial charge on any atom is 0.315 e. The summed E-state index contributed by atoms with van der Waals surface area (Å²) in [6.07, 6.45) is 0. The average molecular weight is 405 g/mol. The van der Waals surface area contributed by atoms with Gasteiger partial charge in [-0.25, -0.2) is 4.79 Å². The van der Waals surface area contributed by atoms with Crippen LogP contribution in [0.1, 0.15) is 19.5 Å². The molecule has 30 heavy (non-hydrogen) atoms. The first kappa shape index (κ1) is 21.2. The highest BCUT2D eigenvalue weighted by molar-refractivity contribution is 5.81. The van der Waals surface area contributed by atoms with Crippen molar-refractivity contribution in [3.63, 3.8) is 0 Å². The summed E-state index contributed by atoms with van der Waals surface area (Å²) in [7, 11) is 3.29. The van der Waals surface area contributed by atoms with E-state index in [9.17, 15) is 4.79 Å². The van der Waals surface area contributed by atoms with Crippen LogP contribution < -0.4 is 20.1 Å². The molecule has 0 saturated heterocycles. The summed E-state index contributed by atoms with van der Waals surface area (Å²) in [5, 5.41) is 5.67. The van der Waals surface area contributed by atoms with Crippen LogP contribution in [0.25, 0.3) is 22.4 Å². The number of carbonyl (C=O) groups is 1. The fraction of sp³-hybridized carbons (Fsp3) is 0.250. The topological polar surface area (TPSA) is 72.5 Å². The lowest BCUT2D eigenvalue weighted by atomic mass is 9.98. The third-order valence-electron chi connectivity index (χ3n) is 4.57. The van der Waals surface area contributed by atoms with E-state index in [0.29, 0.717) is 6.54 Å². The Kier molecular flexibility index (Phi) is 6.91. The largest absolute Gasteiger partial charge is 0.497 e. The second-order valence-electron chi connectivity index (χ2n) is 7.14. The van der Waals surface area contributed by atoms with Crippen molar-refractivity contribution in [3.05, 3.63) is 66.4 Å². The Hall–Kier alpha value is -3.54. The van der Waals surface area contributed by atoms with Gasteiger partial charge in [0.1, 0.15) is 11.5 Å². The van der Waals surface area contributed by atoms with Crippen LogP contribution in [0.5, 0.6) is 11.5 Å². The van der Waals surface area contributed by atoms with Gasteiger partial charge in [0.25, 0.3) is 0 Å². The summed E-state index contributed by atoms with van der Waals surface area (Å²) in [4.78, 5) is 16.8. The first-order valence-corrected chi connectivity index (χ1v) is 9.83. The fourth-order valence-corrected chi connectivity index (χ4v) is 3.05.